The summed E-state index contributed by atoms with van der Waals surface area (Å²) < 4.78 is 159. The minimum absolute atomic E-state index is 0.0418. The molecule has 2 amide bonds. The van der Waals surface area contributed by atoms with Gasteiger partial charge in [0.2, 0.25) is 11.8 Å². The minimum atomic E-state index is -6.39. The van der Waals surface area contributed by atoms with Crippen LogP contribution in [0.25, 0.3) is 0 Å². The number of rotatable bonds is 5. The van der Waals surface area contributed by atoms with Crippen molar-refractivity contribution < 1.29 is 57.2 Å². The Hall–Kier alpha value is -3.23. The summed E-state index contributed by atoms with van der Waals surface area (Å²) in [5, 5.41) is 2.69. The van der Waals surface area contributed by atoms with Crippen LogP contribution in [-0.2, 0) is 36.3 Å². The Labute approximate surface area is 245 Å². The molecule has 0 unspecified atom stereocenters. The van der Waals surface area contributed by atoms with Crippen LogP contribution in [0.3, 0.4) is 0 Å². The number of carbonyl (C=O) groups is 2. The Morgan fingerprint density at radius 1 is 1.02 bits per heavy atom. The van der Waals surface area contributed by atoms with Gasteiger partial charge in [0.15, 0.2) is 9.84 Å². The van der Waals surface area contributed by atoms with E-state index in [4.69, 9.17) is 4.11 Å². The first-order valence-corrected chi connectivity index (χ1v) is 14.6. The number of aryl methyl sites for hydroxylation is 1. The van der Waals surface area contributed by atoms with Crippen LogP contribution in [0.4, 0.5) is 35.1 Å². The molecule has 2 aliphatic carbocycles. The van der Waals surface area contributed by atoms with Crippen LogP contribution in [-0.4, -0.2) is 57.0 Å². The zero-order chi connectivity index (χ0) is 34.3. The van der Waals surface area contributed by atoms with Gasteiger partial charge in [-0.05, 0) is 61.1 Å². The fourth-order valence-corrected chi connectivity index (χ4v) is 9.21. The van der Waals surface area contributed by atoms with Crippen LogP contribution < -0.4 is 5.32 Å². The number of benzene rings is 2. The summed E-state index contributed by atoms with van der Waals surface area (Å²) in [6.07, 6.45) is -14.0. The summed E-state index contributed by atoms with van der Waals surface area (Å²) >= 11 is 0. The molecule has 234 valence electrons. The van der Waals surface area contributed by atoms with Crippen molar-refractivity contribution in [3.8, 4) is 0 Å². The lowest BCUT2D eigenvalue weighted by atomic mass is 9.74. The fraction of sp³-hybridized carbons (Fsp3) is 0.500. The number of hydrogen-bond donors (Lipinski definition) is 1. The molecule has 0 radical (unpaired) electrons. The Morgan fingerprint density at radius 2 is 1.67 bits per heavy atom. The number of alkyl halides is 7. The van der Waals surface area contributed by atoms with Gasteiger partial charge in [-0.15, -0.1) is 0 Å². The van der Waals surface area contributed by atoms with E-state index in [1.807, 2.05) is 0 Å². The van der Waals surface area contributed by atoms with Crippen molar-refractivity contribution in [3.05, 3.63) is 65.0 Å². The van der Waals surface area contributed by atoms with Crippen LogP contribution in [0.1, 0.15) is 46.5 Å². The summed E-state index contributed by atoms with van der Waals surface area (Å²) in [6, 6.07) is 4.05. The van der Waals surface area contributed by atoms with Gasteiger partial charge in [-0.2, -0.15) is 26.3 Å². The molecule has 43 heavy (non-hydrogen) atoms. The number of nitrogens with one attached hydrogen (secondary N) is 1. The molecule has 1 heterocycles. The molecule has 5 rings (SSSR count). The number of carbonyl (C=O) groups excluding carboxylic acids is 2. The van der Waals surface area contributed by atoms with E-state index < -0.39 is 98.5 Å². The Bertz CT molecular complexity index is 1650. The van der Waals surface area contributed by atoms with E-state index >= 15 is 0 Å². The molecule has 0 spiro atoms. The summed E-state index contributed by atoms with van der Waals surface area (Å²) in [6.45, 7) is -3.22. The summed E-state index contributed by atoms with van der Waals surface area (Å²) in [5.41, 5.74) is -7.96. The van der Waals surface area contributed by atoms with Gasteiger partial charge in [0, 0.05) is 41.6 Å². The van der Waals surface area contributed by atoms with E-state index in [0.717, 1.165) is 30.3 Å². The Kier molecular flexibility index (Phi) is 6.46. The van der Waals surface area contributed by atoms with Gasteiger partial charge in [0.25, 0.3) is 0 Å². The molecular weight excluding hydrogens is 612 g/mol. The summed E-state index contributed by atoms with van der Waals surface area (Å²) in [7, 11) is -4.61. The van der Waals surface area contributed by atoms with E-state index in [2.05, 4.69) is 5.32 Å². The fourth-order valence-electron chi connectivity index (χ4n) is 6.74. The first kappa shape index (κ1) is 27.3. The third-order valence-electron chi connectivity index (χ3n) is 8.80. The van der Waals surface area contributed by atoms with Crippen LogP contribution in [0.5, 0.6) is 0 Å². The molecule has 1 aliphatic heterocycles. The van der Waals surface area contributed by atoms with Crippen molar-refractivity contribution in [1.29, 1.82) is 0 Å². The predicted molar refractivity (Wildman–Crippen MR) is 135 cm³/mol. The molecule has 4 atom stereocenters. The zero-order valence-electron chi connectivity index (χ0n) is 25.0. The molecule has 1 saturated heterocycles. The van der Waals surface area contributed by atoms with Crippen molar-refractivity contribution >= 4 is 21.7 Å². The molecule has 1 saturated carbocycles. The lowest BCUT2D eigenvalue weighted by molar-refractivity contribution is -0.348. The second kappa shape index (κ2) is 10.2. The van der Waals surface area contributed by atoms with Gasteiger partial charge in [0.05, 0.1) is 10.8 Å². The van der Waals surface area contributed by atoms with Gasteiger partial charge in [-0.1, -0.05) is 18.2 Å². The van der Waals surface area contributed by atoms with E-state index in [1.54, 1.807) is 0 Å². The van der Waals surface area contributed by atoms with Gasteiger partial charge >= 0.3 is 18.0 Å². The molecule has 1 N–H and O–H groups in total. The lowest BCUT2D eigenvalue weighted by Gasteiger charge is -2.43. The predicted octanol–water partition coefficient (Wildman–Crippen LogP) is 5.10. The van der Waals surface area contributed by atoms with Crippen LogP contribution in [0.2, 0.25) is 0 Å². The van der Waals surface area contributed by atoms with Crippen molar-refractivity contribution in [3.63, 3.8) is 0 Å². The molecule has 3 aliphatic rings. The standard InChI is InChI=1S/C28H26F8N2O4S/c1-38-14-16(13-23(38)39)24(40)37-22-10-11-25(43(41,42)19-6-4-18(29)5-7-19)20-9-3-17(12-15(20)2-8-21(22)25)26(30,27(31,32)33)28(34,35)36/h3-7,9,12,16,21-22H,2,8,10-11,13-14H2,1H3,(H,37,40)/t16-,21-,22+,25+/m0/s1/i1D3. The van der Waals surface area contributed by atoms with E-state index in [-0.39, 0.29) is 42.9 Å². The minimum Gasteiger partial charge on any atom is -0.353 e. The Morgan fingerprint density at radius 3 is 2.26 bits per heavy atom. The number of likely N-dealkylation sites (tertiary alicyclic amines) is 1. The average Bonchev–Trinajstić information content (AvgIpc) is 3.53. The SMILES string of the molecule is [2H]C([2H])([2H])N1C[C@@H](C(=O)N[C@@H]2CC[C@@]3(S(=O)(=O)c4ccc(F)cc4)c4ccc(C(F)(C(F)(F)F)C(F)(F)F)cc4CC[C@@H]23)CC1=O. The van der Waals surface area contributed by atoms with Crippen LogP contribution in [0.15, 0.2) is 47.4 Å². The first-order valence-electron chi connectivity index (χ1n) is 14.6. The molecule has 6 nitrogen and oxygen atoms in total. The molecule has 0 aromatic heterocycles. The second-order valence-corrected chi connectivity index (χ2v) is 13.3. The highest BCUT2D eigenvalue weighted by Crippen LogP contribution is 2.59. The number of nitrogens with zero attached hydrogens (tertiary/aromatic N) is 1. The number of hydrogen-bond acceptors (Lipinski definition) is 4. The highest BCUT2D eigenvalue weighted by molar-refractivity contribution is 7.92. The number of amides is 2. The maximum absolute atomic E-state index is 15.0. The largest absolute Gasteiger partial charge is 0.435 e. The monoisotopic (exact) mass is 641 g/mol. The topological polar surface area (TPSA) is 83.6 Å². The van der Waals surface area contributed by atoms with Crippen molar-refractivity contribution in [2.75, 3.05) is 13.5 Å². The molecule has 2 aromatic rings. The van der Waals surface area contributed by atoms with Gasteiger partial charge in [0.1, 0.15) is 10.6 Å². The number of halogens is 8. The molecule has 15 heteroatoms. The normalized spacial score (nSPS) is 27.6. The average molecular weight is 642 g/mol. The smallest absolute Gasteiger partial charge is 0.353 e. The summed E-state index contributed by atoms with van der Waals surface area (Å²) in [4.78, 5) is 25.6. The molecule has 0 bridgehead atoms. The highest BCUT2D eigenvalue weighted by Gasteiger charge is 2.73. The van der Waals surface area contributed by atoms with Gasteiger partial charge in [-0.25, -0.2) is 17.2 Å². The van der Waals surface area contributed by atoms with E-state index in [0.29, 0.717) is 11.0 Å². The molecule has 2 fully saturated rings. The second-order valence-electron chi connectivity index (χ2n) is 11.1. The third-order valence-corrected chi connectivity index (χ3v) is 11.4. The third kappa shape index (κ3) is 4.69. The van der Waals surface area contributed by atoms with Crippen molar-refractivity contribution in [1.82, 2.24) is 10.2 Å². The van der Waals surface area contributed by atoms with Gasteiger partial charge < -0.3 is 10.2 Å². The van der Waals surface area contributed by atoms with Crippen molar-refractivity contribution in [2.24, 2.45) is 11.8 Å². The maximum Gasteiger partial charge on any atom is 0.435 e. The highest BCUT2D eigenvalue weighted by atomic mass is 32.2. The van der Waals surface area contributed by atoms with Crippen LogP contribution >= 0.6 is 0 Å². The van der Waals surface area contributed by atoms with Crippen molar-refractivity contribution in [2.45, 2.75) is 65.8 Å². The van der Waals surface area contributed by atoms with Crippen LogP contribution in [0, 0.1) is 17.7 Å². The molecule has 2 aromatic carbocycles. The maximum atomic E-state index is 15.0. The zero-order valence-corrected chi connectivity index (χ0v) is 22.8. The quantitative estimate of drug-likeness (QED) is 0.364. The van der Waals surface area contributed by atoms with E-state index in [9.17, 15) is 53.1 Å². The summed E-state index contributed by atoms with van der Waals surface area (Å²) in [5.74, 6) is -4.41. The first-order chi connectivity index (χ1) is 21.1. The number of sulfone groups is 1. The molecular formula is C28H26F8N2O4S. The van der Waals surface area contributed by atoms with E-state index in [1.165, 1.54) is 0 Å². The van der Waals surface area contributed by atoms with Gasteiger partial charge in [-0.3, -0.25) is 9.59 Å². The lowest BCUT2D eigenvalue weighted by Crippen LogP contribution is -2.51. The Balaban J connectivity index is 1.58. The number of fused-ring (bicyclic) bond motifs is 3.